The summed E-state index contributed by atoms with van der Waals surface area (Å²) < 4.78 is 39.3. The van der Waals surface area contributed by atoms with Crippen LogP contribution in [0.2, 0.25) is 0 Å². The number of hydrogen-bond acceptors (Lipinski definition) is 6. The molecule has 0 aliphatic carbocycles. The van der Waals surface area contributed by atoms with Gasteiger partial charge in [0.25, 0.3) is 5.56 Å². The highest BCUT2D eigenvalue weighted by Gasteiger charge is 2.35. The Morgan fingerprint density at radius 1 is 1.17 bits per heavy atom. The van der Waals surface area contributed by atoms with Crippen molar-refractivity contribution in [2.24, 2.45) is 0 Å². The molecule has 0 radical (unpaired) electrons. The number of aryl methyl sites for hydroxylation is 2. The third-order valence-corrected chi connectivity index (χ3v) is 6.97. The lowest BCUT2D eigenvalue weighted by Crippen LogP contribution is -2.47. The van der Waals surface area contributed by atoms with E-state index >= 15 is 0 Å². The molecule has 2 rings (SSSR count). The van der Waals surface area contributed by atoms with Crippen LogP contribution in [0, 0.1) is 13.8 Å². The molecule has 1 aromatic carbocycles. The van der Waals surface area contributed by atoms with Crippen molar-refractivity contribution >= 4 is 17.6 Å². The van der Waals surface area contributed by atoms with Crippen molar-refractivity contribution in [3.05, 3.63) is 62.4 Å². The second-order valence-corrected chi connectivity index (χ2v) is 10.2. The molecule has 0 saturated carbocycles. The smallest absolute Gasteiger partial charge is 0.329 e. The highest BCUT2D eigenvalue weighted by atomic mass is 32.2. The standard InChI is InChI=1S/C16H22N3O8PS/c1-11-3-5-14(6-4-11)29(26,27)19(13(8-20)9-28(23,24)25)10-18-7-12(2)15(21)17-16(18)22/h3-7,13,20H,8-10H2,1-2H3,(H,17,21,22)(H2,23,24,25). The lowest BCUT2D eigenvalue weighted by molar-refractivity contribution is 0.172. The average molecular weight is 447 g/mol. The van der Waals surface area contributed by atoms with Gasteiger partial charge >= 0.3 is 13.3 Å². The molecule has 160 valence electrons. The van der Waals surface area contributed by atoms with E-state index < -0.39 is 54.3 Å². The minimum atomic E-state index is -4.71. The Labute approximate surface area is 166 Å². The topological polar surface area (TPSA) is 170 Å². The van der Waals surface area contributed by atoms with Crippen molar-refractivity contribution in [2.45, 2.75) is 31.5 Å². The fraction of sp³-hybridized carbons (Fsp3) is 0.375. The Balaban J connectivity index is 2.60. The third kappa shape index (κ3) is 5.72. The number of nitrogens with one attached hydrogen (secondary N) is 1. The summed E-state index contributed by atoms with van der Waals surface area (Å²) in [5.74, 6) is 0. The molecule has 1 atom stereocenters. The van der Waals surface area contributed by atoms with Gasteiger partial charge in [0, 0.05) is 11.8 Å². The summed E-state index contributed by atoms with van der Waals surface area (Å²) in [6, 6.07) is 4.19. The minimum absolute atomic E-state index is 0.132. The molecule has 0 aliphatic heterocycles. The van der Waals surface area contributed by atoms with Gasteiger partial charge in [-0.2, -0.15) is 4.31 Å². The van der Waals surface area contributed by atoms with Crippen LogP contribution in [0.5, 0.6) is 0 Å². The molecule has 0 amide bonds. The van der Waals surface area contributed by atoms with Gasteiger partial charge in [-0.1, -0.05) is 17.7 Å². The number of H-pyrrole nitrogens is 1. The van der Waals surface area contributed by atoms with Crippen LogP contribution in [0.25, 0.3) is 0 Å². The van der Waals surface area contributed by atoms with E-state index in [2.05, 4.69) is 0 Å². The Morgan fingerprint density at radius 3 is 2.28 bits per heavy atom. The average Bonchev–Trinajstić information content (AvgIpc) is 2.61. The maximum atomic E-state index is 13.2. The van der Waals surface area contributed by atoms with E-state index in [1.807, 2.05) is 4.98 Å². The molecule has 0 aliphatic rings. The summed E-state index contributed by atoms with van der Waals surface area (Å²) in [5.41, 5.74) is -0.629. The maximum absolute atomic E-state index is 13.2. The van der Waals surface area contributed by atoms with Crippen molar-refractivity contribution in [3.63, 3.8) is 0 Å². The predicted octanol–water partition coefficient (Wildman–Crippen LogP) is -0.660. The van der Waals surface area contributed by atoms with Gasteiger partial charge in [-0.05, 0) is 26.0 Å². The van der Waals surface area contributed by atoms with Crippen LogP contribution in [-0.2, 0) is 21.3 Å². The second-order valence-electron chi connectivity index (χ2n) is 6.57. The first kappa shape index (κ1) is 23.2. The molecule has 2 aromatic rings. The zero-order valence-electron chi connectivity index (χ0n) is 15.7. The highest BCUT2D eigenvalue weighted by Crippen LogP contribution is 2.37. The Bertz CT molecular complexity index is 1130. The first-order valence-corrected chi connectivity index (χ1v) is 11.6. The van der Waals surface area contributed by atoms with E-state index in [0.29, 0.717) is 4.31 Å². The van der Waals surface area contributed by atoms with E-state index in [1.54, 1.807) is 6.92 Å². The summed E-state index contributed by atoms with van der Waals surface area (Å²) in [7, 11) is -9.07. The summed E-state index contributed by atoms with van der Waals surface area (Å²) >= 11 is 0. The molecule has 4 N–H and O–H groups in total. The fourth-order valence-electron chi connectivity index (χ4n) is 2.62. The van der Waals surface area contributed by atoms with Gasteiger partial charge < -0.3 is 14.9 Å². The largest absolute Gasteiger partial charge is 0.395 e. The Kier molecular flexibility index (Phi) is 6.99. The number of sulfonamides is 1. The number of aliphatic hydroxyl groups is 1. The molecule has 0 saturated heterocycles. The highest BCUT2D eigenvalue weighted by molar-refractivity contribution is 7.89. The van der Waals surface area contributed by atoms with E-state index in [0.717, 1.165) is 16.3 Å². The van der Waals surface area contributed by atoms with E-state index in [4.69, 9.17) is 0 Å². The lowest BCUT2D eigenvalue weighted by atomic mass is 10.2. The maximum Gasteiger partial charge on any atom is 0.329 e. The quantitative estimate of drug-likeness (QED) is 0.387. The zero-order valence-corrected chi connectivity index (χ0v) is 17.4. The van der Waals surface area contributed by atoms with Crippen molar-refractivity contribution in [1.82, 2.24) is 13.9 Å². The van der Waals surface area contributed by atoms with E-state index in [1.165, 1.54) is 31.2 Å². The van der Waals surface area contributed by atoms with Gasteiger partial charge in [0.05, 0.1) is 30.4 Å². The van der Waals surface area contributed by atoms with Crippen LogP contribution in [0.3, 0.4) is 0 Å². The van der Waals surface area contributed by atoms with E-state index in [9.17, 15) is 37.5 Å². The fourth-order valence-corrected chi connectivity index (χ4v) is 5.15. The molecule has 11 nitrogen and oxygen atoms in total. The predicted molar refractivity (Wildman–Crippen MR) is 104 cm³/mol. The van der Waals surface area contributed by atoms with Crippen LogP contribution in [0.15, 0.2) is 44.9 Å². The molecule has 29 heavy (non-hydrogen) atoms. The molecule has 1 heterocycles. The van der Waals surface area contributed by atoms with Gasteiger partial charge in [0.15, 0.2) is 0 Å². The van der Waals surface area contributed by atoms with Crippen molar-refractivity contribution in [3.8, 4) is 0 Å². The molecule has 13 heteroatoms. The molecular weight excluding hydrogens is 425 g/mol. The van der Waals surface area contributed by atoms with Crippen LogP contribution in [0.4, 0.5) is 0 Å². The molecule has 0 spiro atoms. The molecular formula is C16H22N3O8PS. The zero-order chi connectivity index (χ0) is 22.0. The number of hydrogen-bond donors (Lipinski definition) is 4. The number of nitrogens with zero attached hydrogens (tertiary/aromatic N) is 2. The Hall–Kier alpha value is -2.08. The number of benzene rings is 1. The minimum Gasteiger partial charge on any atom is -0.395 e. The van der Waals surface area contributed by atoms with Crippen molar-refractivity contribution < 1.29 is 27.9 Å². The SMILES string of the molecule is Cc1ccc(S(=O)(=O)N(Cn2cc(C)c(=O)[nH]c2=O)C(CO)CP(=O)(O)O)cc1. The summed E-state index contributed by atoms with van der Waals surface area (Å²) in [6.45, 7) is 1.60. The van der Waals surface area contributed by atoms with Crippen LogP contribution >= 0.6 is 7.60 Å². The Morgan fingerprint density at radius 2 is 1.76 bits per heavy atom. The van der Waals surface area contributed by atoms with Gasteiger partial charge in [-0.25, -0.2) is 13.2 Å². The number of aliphatic hydroxyl groups excluding tert-OH is 1. The number of aromatic nitrogens is 2. The van der Waals surface area contributed by atoms with Crippen LogP contribution < -0.4 is 11.2 Å². The summed E-state index contributed by atoms with van der Waals surface area (Å²) in [5, 5.41) is 9.67. The van der Waals surface area contributed by atoms with Crippen LogP contribution in [-0.4, -0.2) is 56.0 Å². The monoisotopic (exact) mass is 447 g/mol. The van der Waals surface area contributed by atoms with Gasteiger partial charge in [0.1, 0.15) is 0 Å². The summed E-state index contributed by atoms with van der Waals surface area (Å²) in [4.78, 5) is 44.1. The third-order valence-electron chi connectivity index (χ3n) is 4.17. The van der Waals surface area contributed by atoms with Crippen molar-refractivity contribution in [1.29, 1.82) is 0 Å². The normalized spacial score (nSPS) is 13.6. The molecule has 0 fully saturated rings. The second kappa shape index (κ2) is 8.74. The van der Waals surface area contributed by atoms with Crippen LogP contribution in [0.1, 0.15) is 11.1 Å². The molecule has 1 unspecified atom stereocenters. The molecule has 1 aromatic heterocycles. The van der Waals surface area contributed by atoms with E-state index in [-0.39, 0.29) is 10.5 Å². The number of rotatable bonds is 8. The first-order chi connectivity index (χ1) is 13.3. The lowest BCUT2D eigenvalue weighted by Gasteiger charge is -2.30. The first-order valence-electron chi connectivity index (χ1n) is 8.39. The van der Waals surface area contributed by atoms with Gasteiger partial charge in [-0.15, -0.1) is 0 Å². The van der Waals surface area contributed by atoms with Gasteiger partial charge in [-0.3, -0.25) is 18.9 Å². The summed E-state index contributed by atoms with van der Waals surface area (Å²) in [6.07, 6.45) is 0.177. The van der Waals surface area contributed by atoms with Gasteiger partial charge in [0.2, 0.25) is 10.0 Å². The number of aromatic amines is 1. The molecule has 0 bridgehead atoms. The van der Waals surface area contributed by atoms with Crippen molar-refractivity contribution in [2.75, 3.05) is 12.8 Å².